The molecule has 2 aliphatic rings. The molecule has 0 radical (unpaired) electrons. The number of pyridine rings is 1. The molecule has 1 aromatic rings. The molecule has 1 N–H and O–H groups in total. The van der Waals surface area contributed by atoms with Crippen LogP contribution in [0, 0.1) is 17.2 Å². The summed E-state index contributed by atoms with van der Waals surface area (Å²) in [5, 5.41) is 12.6. The number of rotatable bonds is 1. The summed E-state index contributed by atoms with van der Waals surface area (Å²) in [7, 11) is 0. The van der Waals surface area contributed by atoms with Gasteiger partial charge in [0.05, 0.1) is 5.69 Å². The van der Waals surface area contributed by atoms with Crippen LogP contribution in [0.15, 0.2) is 18.3 Å². The average Bonchev–Trinajstić information content (AvgIpc) is 2.85. The highest BCUT2D eigenvalue weighted by Gasteiger charge is 2.33. The van der Waals surface area contributed by atoms with Gasteiger partial charge in [-0.05, 0) is 37.4 Å². The van der Waals surface area contributed by atoms with Crippen LogP contribution in [0.3, 0.4) is 0 Å². The molecule has 17 heavy (non-hydrogen) atoms. The van der Waals surface area contributed by atoms with Crippen LogP contribution >= 0.6 is 0 Å². The quantitative estimate of drug-likeness (QED) is 0.783. The van der Waals surface area contributed by atoms with E-state index in [9.17, 15) is 0 Å². The summed E-state index contributed by atoms with van der Waals surface area (Å²) in [5.41, 5.74) is 1.55. The average molecular weight is 228 g/mol. The van der Waals surface area contributed by atoms with Gasteiger partial charge in [-0.25, -0.2) is 4.98 Å². The molecule has 0 amide bonds. The van der Waals surface area contributed by atoms with Gasteiger partial charge in [-0.2, -0.15) is 5.26 Å². The SMILES string of the molecule is N#Cc1ncccc1N1CCC2NCCC2C1. The molecule has 0 aliphatic carbocycles. The summed E-state index contributed by atoms with van der Waals surface area (Å²) in [4.78, 5) is 6.46. The highest BCUT2D eigenvalue weighted by atomic mass is 15.2. The molecular formula is C13H16N4. The van der Waals surface area contributed by atoms with E-state index in [0.717, 1.165) is 31.2 Å². The molecule has 0 bridgehead atoms. The minimum Gasteiger partial charge on any atom is -0.369 e. The number of anilines is 1. The number of hydrogen-bond acceptors (Lipinski definition) is 4. The highest BCUT2D eigenvalue weighted by molar-refractivity contribution is 5.56. The van der Waals surface area contributed by atoms with Crippen LogP contribution in [0.1, 0.15) is 18.5 Å². The number of aromatic nitrogens is 1. The van der Waals surface area contributed by atoms with E-state index in [0.29, 0.717) is 11.7 Å². The topological polar surface area (TPSA) is 52.0 Å². The summed E-state index contributed by atoms with van der Waals surface area (Å²) < 4.78 is 0. The van der Waals surface area contributed by atoms with Gasteiger partial charge in [0, 0.05) is 25.3 Å². The first kappa shape index (κ1) is 10.5. The Morgan fingerprint density at radius 1 is 1.47 bits per heavy atom. The van der Waals surface area contributed by atoms with E-state index in [1.54, 1.807) is 6.20 Å². The molecule has 2 saturated heterocycles. The van der Waals surface area contributed by atoms with Crippen molar-refractivity contribution in [1.82, 2.24) is 10.3 Å². The first-order valence-corrected chi connectivity index (χ1v) is 6.22. The van der Waals surface area contributed by atoms with E-state index in [2.05, 4.69) is 21.3 Å². The van der Waals surface area contributed by atoms with Crippen molar-refractivity contribution in [2.75, 3.05) is 24.5 Å². The van der Waals surface area contributed by atoms with Gasteiger partial charge in [0.15, 0.2) is 5.69 Å². The Morgan fingerprint density at radius 2 is 2.41 bits per heavy atom. The molecule has 4 heteroatoms. The van der Waals surface area contributed by atoms with Crippen molar-refractivity contribution in [3.05, 3.63) is 24.0 Å². The molecule has 2 unspecified atom stereocenters. The van der Waals surface area contributed by atoms with E-state index >= 15 is 0 Å². The smallest absolute Gasteiger partial charge is 0.163 e. The molecule has 4 nitrogen and oxygen atoms in total. The molecule has 2 atom stereocenters. The molecule has 0 saturated carbocycles. The normalized spacial score (nSPS) is 27.6. The van der Waals surface area contributed by atoms with Crippen LogP contribution < -0.4 is 10.2 Å². The minimum atomic E-state index is 0.553. The summed E-state index contributed by atoms with van der Waals surface area (Å²) in [6.07, 6.45) is 4.11. The van der Waals surface area contributed by atoms with Crippen molar-refractivity contribution in [2.24, 2.45) is 5.92 Å². The van der Waals surface area contributed by atoms with Crippen LogP contribution in [-0.4, -0.2) is 30.7 Å². The van der Waals surface area contributed by atoms with Crippen LogP contribution in [0.4, 0.5) is 5.69 Å². The zero-order valence-electron chi connectivity index (χ0n) is 9.76. The Labute approximate surface area is 101 Å². The largest absolute Gasteiger partial charge is 0.369 e. The third-order valence-electron chi connectivity index (χ3n) is 3.89. The van der Waals surface area contributed by atoms with Crippen LogP contribution in [-0.2, 0) is 0 Å². The lowest BCUT2D eigenvalue weighted by molar-refractivity contribution is 0.376. The summed E-state index contributed by atoms with van der Waals surface area (Å²) in [6, 6.07) is 6.79. The maximum atomic E-state index is 9.08. The van der Waals surface area contributed by atoms with Gasteiger partial charge >= 0.3 is 0 Å². The van der Waals surface area contributed by atoms with E-state index in [4.69, 9.17) is 5.26 Å². The second kappa shape index (κ2) is 4.34. The van der Waals surface area contributed by atoms with E-state index < -0.39 is 0 Å². The molecule has 1 aromatic heterocycles. The third kappa shape index (κ3) is 1.87. The molecular weight excluding hydrogens is 212 g/mol. The fraction of sp³-hybridized carbons (Fsp3) is 0.538. The van der Waals surface area contributed by atoms with Crippen molar-refractivity contribution < 1.29 is 0 Å². The minimum absolute atomic E-state index is 0.553. The predicted octanol–water partition coefficient (Wildman–Crippen LogP) is 1.14. The number of nitrogens with zero attached hydrogens (tertiary/aromatic N) is 3. The van der Waals surface area contributed by atoms with Gasteiger partial charge in [-0.15, -0.1) is 0 Å². The van der Waals surface area contributed by atoms with Crippen molar-refractivity contribution in [2.45, 2.75) is 18.9 Å². The molecule has 0 spiro atoms. The maximum Gasteiger partial charge on any atom is 0.163 e. The van der Waals surface area contributed by atoms with Crippen molar-refractivity contribution in [3.63, 3.8) is 0 Å². The molecule has 88 valence electrons. The lowest BCUT2D eigenvalue weighted by atomic mass is 9.93. The highest BCUT2D eigenvalue weighted by Crippen LogP contribution is 2.29. The number of nitriles is 1. The van der Waals surface area contributed by atoms with Gasteiger partial charge < -0.3 is 10.2 Å². The number of hydrogen-bond donors (Lipinski definition) is 1. The standard InChI is InChI=1S/C13H16N4/c14-8-12-13(2-1-5-15-12)17-7-4-11-10(9-17)3-6-16-11/h1-2,5,10-11,16H,3-4,6-7,9H2. The summed E-state index contributed by atoms with van der Waals surface area (Å²) in [5.74, 6) is 0.732. The van der Waals surface area contributed by atoms with Crippen molar-refractivity contribution in [3.8, 4) is 6.07 Å². The lowest BCUT2D eigenvalue weighted by Gasteiger charge is -2.36. The molecule has 0 aromatic carbocycles. The molecule has 2 fully saturated rings. The predicted molar refractivity (Wildman–Crippen MR) is 65.7 cm³/mol. The van der Waals surface area contributed by atoms with Gasteiger partial charge in [0.25, 0.3) is 0 Å². The molecule has 3 rings (SSSR count). The fourth-order valence-corrected chi connectivity index (χ4v) is 3.00. The van der Waals surface area contributed by atoms with Crippen molar-refractivity contribution in [1.29, 1.82) is 5.26 Å². The van der Waals surface area contributed by atoms with Crippen LogP contribution in [0.2, 0.25) is 0 Å². The Hall–Kier alpha value is -1.60. The first-order chi connectivity index (χ1) is 8.38. The second-order valence-electron chi connectivity index (χ2n) is 4.83. The lowest BCUT2D eigenvalue weighted by Crippen LogP contribution is -2.44. The van der Waals surface area contributed by atoms with Crippen LogP contribution in [0.5, 0.6) is 0 Å². The third-order valence-corrected chi connectivity index (χ3v) is 3.89. The Morgan fingerprint density at radius 3 is 3.29 bits per heavy atom. The monoisotopic (exact) mass is 228 g/mol. The first-order valence-electron chi connectivity index (χ1n) is 6.22. The Bertz CT molecular complexity index is 451. The maximum absolute atomic E-state index is 9.08. The van der Waals surface area contributed by atoms with E-state index in [-0.39, 0.29) is 0 Å². The Balaban J connectivity index is 1.83. The number of nitrogens with one attached hydrogen (secondary N) is 1. The summed E-state index contributed by atoms with van der Waals surface area (Å²) in [6.45, 7) is 3.22. The number of piperidine rings is 1. The van der Waals surface area contributed by atoms with Gasteiger partial charge in [-0.1, -0.05) is 0 Å². The summed E-state index contributed by atoms with van der Waals surface area (Å²) >= 11 is 0. The van der Waals surface area contributed by atoms with E-state index in [1.807, 2.05) is 12.1 Å². The second-order valence-corrected chi connectivity index (χ2v) is 4.83. The fourth-order valence-electron chi connectivity index (χ4n) is 3.00. The van der Waals surface area contributed by atoms with Gasteiger partial charge in [0.2, 0.25) is 0 Å². The van der Waals surface area contributed by atoms with Gasteiger partial charge in [-0.3, -0.25) is 0 Å². The zero-order valence-corrected chi connectivity index (χ0v) is 9.76. The zero-order chi connectivity index (χ0) is 11.7. The molecule has 2 aliphatic heterocycles. The van der Waals surface area contributed by atoms with Crippen molar-refractivity contribution >= 4 is 5.69 Å². The Kier molecular flexibility index (Phi) is 2.69. The molecule has 3 heterocycles. The van der Waals surface area contributed by atoms with Gasteiger partial charge in [0.1, 0.15) is 6.07 Å². The van der Waals surface area contributed by atoms with Crippen LogP contribution in [0.25, 0.3) is 0 Å². The van der Waals surface area contributed by atoms with E-state index in [1.165, 1.54) is 12.8 Å². The number of fused-ring (bicyclic) bond motifs is 1.